The Balaban J connectivity index is 1.70. The summed E-state index contributed by atoms with van der Waals surface area (Å²) in [5.74, 6) is -1.52. The molecule has 0 unspecified atom stereocenters. The fourth-order valence-electron chi connectivity index (χ4n) is 2.74. The number of carboxylic acid groups (broad SMARTS) is 1. The molecule has 4 nitrogen and oxygen atoms in total. The van der Waals surface area contributed by atoms with Crippen molar-refractivity contribution in [2.45, 2.75) is 12.5 Å². The van der Waals surface area contributed by atoms with Crippen molar-refractivity contribution in [3.05, 3.63) is 95.0 Å². The maximum Gasteiger partial charge on any atom is 0.326 e. The van der Waals surface area contributed by atoms with Crippen molar-refractivity contribution in [3.63, 3.8) is 0 Å². The Labute approximate surface area is 162 Å². The number of aliphatic carboxylic acids is 1. The molecule has 0 spiro atoms. The van der Waals surface area contributed by atoms with Gasteiger partial charge in [-0.15, -0.1) is 0 Å². The topological polar surface area (TPSA) is 66.4 Å². The van der Waals surface area contributed by atoms with E-state index in [1.54, 1.807) is 24.3 Å². The van der Waals surface area contributed by atoms with Crippen molar-refractivity contribution in [2.75, 3.05) is 0 Å². The molecule has 0 heterocycles. The van der Waals surface area contributed by atoms with Gasteiger partial charge >= 0.3 is 5.97 Å². The van der Waals surface area contributed by atoms with Crippen LogP contribution in [0.1, 0.15) is 15.9 Å². The van der Waals surface area contributed by atoms with Gasteiger partial charge in [0.15, 0.2) is 0 Å². The van der Waals surface area contributed by atoms with Crippen LogP contribution in [0, 0.1) is 0 Å². The van der Waals surface area contributed by atoms with Gasteiger partial charge in [0.2, 0.25) is 0 Å². The Hall–Kier alpha value is -3.11. The lowest BCUT2D eigenvalue weighted by Crippen LogP contribution is -2.42. The predicted octanol–water partition coefficient (Wildman–Crippen LogP) is 4.43. The molecule has 1 amide bonds. The average molecular weight is 380 g/mol. The molecule has 0 aliphatic heterocycles. The SMILES string of the molecule is O=C(N[C@H](Cc1ccc(-c2ccccc2)cc1)C(=O)O)c1ccc(Cl)cc1. The molecule has 5 heteroatoms. The number of amides is 1. The molecule has 0 saturated carbocycles. The second kappa shape index (κ2) is 8.52. The maximum atomic E-state index is 12.3. The van der Waals surface area contributed by atoms with Gasteiger partial charge in [0.05, 0.1) is 0 Å². The van der Waals surface area contributed by atoms with Crippen LogP contribution < -0.4 is 5.32 Å². The van der Waals surface area contributed by atoms with E-state index in [1.807, 2.05) is 54.6 Å². The second-order valence-corrected chi connectivity index (χ2v) is 6.57. The lowest BCUT2D eigenvalue weighted by molar-refractivity contribution is -0.139. The average Bonchev–Trinajstić information content (AvgIpc) is 2.69. The molecular formula is C22H18ClNO3. The lowest BCUT2D eigenvalue weighted by atomic mass is 10.0. The van der Waals surface area contributed by atoms with Crippen LogP contribution in [0.5, 0.6) is 0 Å². The molecule has 0 aromatic heterocycles. The summed E-state index contributed by atoms with van der Waals surface area (Å²) >= 11 is 5.81. The van der Waals surface area contributed by atoms with E-state index in [9.17, 15) is 14.7 Å². The molecule has 0 aliphatic carbocycles. The molecule has 2 N–H and O–H groups in total. The largest absolute Gasteiger partial charge is 0.480 e. The van der Waals surface area contributed by atoms with E-state index in [0.717, 1.165) is 16.7 Å². The van der Waals surface area contributed by atoms with Gasteiger partial charge in [0, 0.05) is 17.0 Å². The fraction of sp³-hybridized carbons (Fsp3) is 0.0909. The molecule has 27 heavy (non-hydrogen) atoms. The summed E-state index contributed by atoms with van der Waals surface area (Å²) in [6.07, 6.45) is 0.198. The van der Waals surface area contributed by atoms with Gasteiger partial charge in [-0.3, -0.25) is 4.79 Å². The number of benzene rings is 3. The number of rotatable bonds is 6. The Morgan fingerprint density at radius 2 is 1.44 bits per heavy atom. The van der Waals surface area contributed by atoms with Crippen molar-refractivity contribution in [1.82, 2.24) is 5.32 Å². The molecule has 3 rings (SSSR count). The number of hydrogen-bond acceptors (Lipinski definition) is 2. The van der Waals surface area contributed by atoms with Crippen molar-refractivity contribution in [3.8, 4) is 11.1 Å². The van der Waals surface area contributed by atoms with Crippen molar-refractivity contribution < 1.29 is 14.7 Å². The molecule has 0 saturated heterocycles. The second-order valence-electron chi connectivity index (χ2n) is 6.14. The van der Waals surface area contributed by atoms with E-state index >= 15 is 0 Å². The molecule has 0 bridgehead atoms. The molecule has 0 fully saturated rings. The highest BCUT2D eigenvalue weighted by molar-refractivity contribution is 6.30. The summed E-state index contributed by atoms with van der Waals surface area (Å²) in [7, 11) is 0. The molecular weight excluding hydrogens is 362 g/mol. The fourth-order valence-corrected chi connectivity index (χ4v) is 2.87. The minimum Gasteiger partial charge on any atom is -0.480 e. The van der Waals surface area contributed by atoms with Crippen molar-refractivity contribution >= 4 is 23.5 Å². The molecule has 1 atom stereocenters. The van der Waals surface area contributed by atoms with E-state index in [2.05, 4.69) is 5.32 Å². The highest BCUT2D eigenvalue weighted by Crippen LogP contribution is 2.20. The van der Waals surface area contributed by atoms with Gasteiger partial charge in [-0.2, -0.15) is 0 Å². The third-order valence-corrected chi connectivity index (χ3v) is 4.46. The Bertz CT molecular complexity index is 922. The predicted molar refractivity (Wildman–Crippen MR) is 106 cm³/mol. The lowest BCUT2D eigenvalue weighted by Gasteiger charge is -2.15. The van der Waals surface area contributed by atoms with Gasteiger partial charge in [-0.05, 0) is 41.0 Å². The normalized spacial score (nSPS) is 11.6. The molecule has 3 aromatic carbocycles. The van der Waals surface area contributed by atoms with Gasteiger partial charge in [-0.1, -0.05) is 66.2 Å². The number of carboxylic acids is 1. The number of halogens is 1. The van der Waals surface area contributed by atoms with Gasteiger partial charge in [0.25, 0.3) is 5.91 Å². The van der Waals surface area contributed by atoms with Crippen LogP contribution in [0.15, 0.2) is 78.9 Å². The van der Waals surface area contributed by atoms with Crippen LogP contribution >= 0.6 is 11.6 Å². The molecule has 3 aromatic rings. The van der Waals surface area contributed by atoms with Crippen molar-refractivity contribution in [2.24, 2.45) is 0 Å². The number of carbonyl (C=O) groups excluding carboxylic acids is 1. The van der Waals surface area contributed by atoms with Crippen LogP contribution in [0.3, 0.4) is 0 Å². The molecule has 136 valence electrons. The van der Waals surface area contributed by atoms with Crippen molar-refractivity contribution in [1.29, 1.82) is 0 Å². The van der Waals surface area contributed by atoms with E-state index in [0.29, 0.717) is 10.6 Å². The first-order chi connectivity index (χ1) is 13.0. The Morgan fingerprint density at radius 3 is 2.04 bits per heavy atom. The van der Waals surface area contributed by atoms with Crippen LogP contribution in [0.2, 0.25) is 5.02 Å². The number of carbonyl (C=O) groups is 2. The summed E-state index contributed by atoms with van der Waals surface area (Å²) in [5.41, 5.74) is 3.34. The first-order valence-corrected chi connectivity index (χ1v) is 8.84. The number of hydrogen-bond donors (Lipinski definition) is 2. The highest BCUT2D eigenvalue weighted by Gasteiger charge is 2.21. The Kier molecular flexibility index (Phi) is 5.89. The third-order valence-electron chi connectivity index (χ3n) is 4.21. The van der Waals surface area contributed by atoms with Gasteiger partial charge in [0.1, 0.15) is 6.04 Å². The summed E-state index contributed by atoms with van der Waals surface area (Å²) < 4.78 is 0. The van der Waals surface area contributed by atoms with Gasteiger partial charge in [-0.25, -0.2) is 4.79 Å². The summed E-state index contributed by atoms with van der Waals surface area (Å²) in [6, 6.07) is 22.9. The van der Waals surface area contributed by atoms with E-state index < -0.39 is 17.9 Å². The first kappa shape index (κ1) is 18.7. The minimum absolute atomic E-state index is 0.198. The van der Waals surface area contributed by atoms with E-state index in [1.165, 1.54) is 0 Å². The Morgan fingerprint density at radius 1 is 0.852 bits per heavy atom. The van der Waals surface area contributed by atoms with Crippen LogP contribution in [-0.2, 0) is 11.2 Å². The summed E-state index contributed by atoms with van der Waals surface area (Å²) in [6.45, 7) is 0. The summed E-state index contributed by atoms with van der Waals surface area (Å²) in [5, 5.41) is 12.6. The van der Waals surface area contributed by atoms with E-state index in [-0.39, 0.29) is 6.42 Å². The third kappa shape index (κ3) is 4.96. The van der Waals surface area contributed by atoms with Gasteiger partial charge < -0.3 is 10.4 Å². The van der Waals surface area contributed by atoms with Crippen LogP contribution in [0.25, 0.3) is 11.1 Å². The smallest absolute Gasteiger partial charge is 0.326 e. The zero-order valence-electron chi connectivity index (χ0n) is 14.4. The van der Waals surface area contributed by atoms with Crippen LogP contribution in [0.4, 0.5) is 0 Å². The monoisotopic (exact) mass is 379 g/mol. The highest BCUT2D eigenvalue weighted by atomic mass is 35.5. The zero-order chi connectivity index (χ0) is 19.2. The molecule has 0 aliphatic rings. The first-order valence-electron chi connectivity index (χ1n) is 8.46. The maximum absolute atomic E-state index is 12.3. The summed E-state index contributed by atoms with van der Waals surface area (Å²) in [4.78, 5) is 23.9. The number of nitrogens with one attached hydrogen (secondary N) is 1. The standard InChI is InChI=1S/C22H18ClNO3/c23-19-12-10-18(11-13-19)21(25)24-20(22(26)27)14-15-6-8-17(9-7-15)16-4-2-1-3-5-16/h1-13,20H,14H2,(H,24,25)(H,26,27)/t20-/m1/s1. The zero-order valence-corrected chi connectivity index (χ0v) is 15.2. The minimum atomic E-state index is -1.08. The van der Waals surface area contributed by atoms with E-state index in [4.69, 9.17) is 11.6 Å². The van der Waals surface area contributed by atoms with Crippen LogP contribution in [-0.4, -0.2) is 23.0 Å². The quantitative estimate of drug-likeness (QED) is 0.665. The molecule has 0 radical (unpaired) electrons.